The van der Waals surface area contributed by atoms with Gasteiger partial charge < -0.3 is 19.2 Å². The minimum absolute atomic E-state index is 0.150. The largest absolute Gasteiger partial charge is 0.459 e. The van der Waals surface area contributed by atoms with Crippen LogP contribution in [0.25, 0.3) is 11.0 Å². The SMILES string of the molecule is O=C(CC1OCCCO1)NC(c1cccnc1)c1cc2ccccc2o1. The van der Waals surface area contributed by atoms with Gasteiger partial charge in [-0.15, -0.1) is 0 Å². The van der Waals surface area contributed by atoms with Crippen LogP contribution in [0.3, 0.4) is 0 Å². The highest BCUT2D eigenvalue weighted by molar-refractivity contribution is 5.79. The minimum Gasteiger partial charge on any atom is -0.459 e. The molecule has 1 atom stereocenters. The number of rotatable bonds is 5. The molecule has 6 heteroatoms. The Morgan fingerprint density at radius 3 is 2.81 bits per heavy atom. The zero-order valence-electron chi connectivity index (χ0n) is 14.3. The molecule has 26 heavy (non-hydrogen) atoms. The average molecular weight is 352 g/mol. The van der Waals surface area contributed by atoms with E-state index in [2.05, 4.69) is 10.3 Å². The lowest BCUT2D eigenvalue weighted by molar-refractivity contribution is -0.184. The van der Waals surface area contributed by atoms with E-state index in [1.165, 1.54) is 0 Å². The van der Waals surface area contributed by atoms with Crippen LogP contribution >= 0.6 is 0 Å². The van der Waals surface area contributed by atoms with Crippen LogP contribution in [0.1, 0.15) is 30.2 Å². The molecule has 0 bridgehead atoms. The summed E-state index contributed by atoms with van der Waals surface area (Å²) in [4.78, 5) is 16.7. The Morgan fingerprint density at radius 2 is 2.04 bits per heavy atom. The van der Waals surface area contributed by atoms with Gasteiger partial charge >= 0.3 is 0 Å². The molecule has 1 N–H and O–H groups in total. The molecule has 0 aliphatic carbocycles. The number of ether oxygens (including phenoxy) is 2. The van der Waals surface area contributed by atoms with Crippen molar-refractivity contribution in [1.82, 2.24) is 10.3 Å². The highest BCUT2D eigenvalue weighted by atomic mass is 16.7. The summed E-state index contributed by atoms with van der Waals surface area (Å²) < 4.78 is 16.9. The quantitative estimate of drug-likeness (QED) is 0.763. The third kappa shape index (κ3) is 3.76. The first kappa shape index (κ1) is 16.8. The first-order valence-electron chi connectivity index (χ1n) is 8.70. The van der Waals surface area contributed by atoms with E-state index in [1.54, 1.807) is 12.4 Å². The van der Waals surface area contributed by atoms with Crippen molar-refractivity contribution in [1.29, 1.82) is 0 Å². The van der Waals surface area contributed by atoms with Crippen molar-refractivity contribution in [2.75, 3.05) is 13.2 Å². The molecule has 3 aromatic rings. The van der Waals surface area contributed by atoms with Gasteiger partial charge in [-0.3, -0.25) is 9.78 Å². The fourth-order valence-electron chi connectivity index (χ4n) is 3.04. The van der Waals surface area contributed by atoms with Gasteiger partial charge in [0.2, 0.25) is 5.91 Å². The standard InChI is InChI=1S/C20H20N2O4/c23-18(12-19-24-9-4-10-25-19)22-20(15-6-3-8-21-13-15)17-11-14-5-1-2-7-16(14)26-17/h1-3,5-8,11,13,19-20H,4,9-10,12H2,(H,22,23). The van der Waals surface area contributed by atoms with Crippen LogP contribution in [-0.2, 0) is 14.3 Å². The molecule has 1 aromatic carbocycles. The molecule has 1 aliphatic rings. The Kier molecular flexibility index (Phi) is 4.95. The summed E-state index contributed by atoms with van der Waals surface area (Å²) in [5.41, 5.74) is 1.63. The smallest absolute Gasteiger partial charge is 0.225 e. The first-order chi connectivity index (χ1) is 12.8. The van der Waals surface area contributed by atoms with Crippen molar-refractivity contribution in [3.8, 4) is 0 Å². The highest BCUT2D eigenvalue weighted by Gasteiger charge is 2.24. The van der Waals surface area contributed by atoms with Crippen LogP contribution in [0.4, 0.5) is 0 Å². The number of nitrogens with zero attached hydrogens (tertiary/aromatic N) is 1. The van der Waals surface area contributed by atoms with E-state index in [0.717, 1.165) is 23.0 Å². The zero-order chi connectivity index (χ0) is 17.8. The molecule has 2 aromatic heterocycles. The number of amides is 1. The van der Waals surface area contributed by atoms with E-state index < -0.39 is 12.3 Å². The molecule has 4 rings (SSSR count). The number of hydrogen-bond acceptors (Lipinski definition) is 5. The topological polar surface area (TPSA) is 73.6 Å². The van der Waals surface area contributed by atoms with Gasteiger partial charge in [0.05, 0.1) is 19.6 Å². The van der Waals surface area contributed by atoms with Crippen LogP contribution in [0, 0.1) is 0 Å². The molecular formula is C20H20N2O4. The van der Waals surface area contributed by atoms with Gasteiger partial charge in [-0.1, -0.05) is 24.3 Å². The lowest BCUT2D eigenvalue weighted by atomic mass is 10.1. The molecule has 1 amide bonds. The monoisotopic (exact) mass is 352 g/mol. The van der Waals surface area contributed by atoms with Crippen molar-refractivity contribution in [2.24, 2.45) is 0 Å². The normalized spacial score (nSPS) is 16.5. The van der Waals surface area contributed by atoms with E-state index >= 15 is 0 Å². The lowest BCUT2D eigenvalue weighted by Gasteiger charge is -2.24. The van der Waals surface area contributed by atoms with Crippen molar-refractivity contribution < 1.29 is 18.7 Å². The Bertz CT molecular complexity index is 839. The number of carbonyl (C=O) groups is 1. The van der Waals surface area contributed by atoms with Gasteiger partial charge in [0.15, 0.2) is 6.29 Å². The van der Waals surface area contributed by atoms with E-state index in [-0.39, 0.29) is 12.3 Å². The number of pyridine rings is 1. The average Bonchev–Trinajstić information content (AvgIpc) is 3.11. The molecule has 1 saturated heterocycles. The summed E-state index contributed by atoms with van der Waals surface area (Å²) in [6.45, 7) is 1.24. The van der Waals surface area contributed by atoms with Crippen molar-refractivity contribution >= 4 is 16.9 Å². The molecule has 1 unspecified atom stereocenters. The van der Waals surface area contributed by atoms with Crippen molar-refractivity contribution in [3.63, 3.8) is 0 Å². The number of nitrogens with one attached hydrogen (secondary N) is 1. The second-order valence-electron chi connectivity index (χ2n) is 6.20. The second-order valence-corrected chi connectivity index (χ2v) is 6.20. The first-order valence-corrected chi connectivity index (χ1v) is 8.70. The number of aromatic nitrogens is 1. The molecule has 0 radical (unpaired) electrons. The molecule has 1 aliphatic heterocycles. The van der Waals surface area contributed by atoms with E-state index in [1.807, 2.05) is 42.5 Å². The molecule has 6 nitrogen and oxygen atoms in total. The number of fused-ring (bicyclic) bond motifs is 1. The van der Waals surface area contributed by atoms with Gasteiger partial charge in [-0.05, 0) is 24.6 Å². The maximum absolute atomic E-state index is 12.6. The Morgan fingerprint density at radius 1 is 1.19 bits per heavy atom. The van der Waals surface area contributed by atoms with Crippen LogP contribution in [0.2, 0.25) is 0 Å². The molecule has 134 valence electrons. The van der Waals surface area contributed by atoms with Crippen LogP contribution in [0.5, 0.6) is 0 Å². The molecule has 0 spiro atoms. The lowest BCUT2D eigenvalue weighted by Crippen LogP contribution is -2.35. The van der Waals surface area contributed by atoms with Gasteiger partial charge in [0.25, 0.3) is 0 Å². The molecule has 3 heterocycles. The Hall–Kier alpha value is -2.70. The van der Waals surface area contributed by atoms with Crippen LogP contribution in [-0.4, -0.2) is 30.4 Å². The van der Waals surface area contributed by atoms with Gasteiger partial charge in [-0.25, -0.2) is 0 Å². The summed E-state index contributed by atoms with van der Waals surface area (Å²) in [7, 11) is 0. The summed E-state index contributed by atoms with van der Waals surface area (Å²) in [6.07, 6.45) is 3.94. The molecule has 0 saturated carbocycles. The van der Waals surface area contributed by atoms with Crippen LogP contribution in [0.15, 0.2) is 59.3 Å². The number of furan rings is 1. The van der Waals surface area contributed by atoms with Crippen LogP contribution < -0.4 is 5.32 Å². The fraction of sp³-hybridized carbons (Fsp3) is 0.300. The van der Waals surface area contributed by atoms with Gasteiger partial charge in [-0.2, -0.15) is 0 Å². The van der Waals surface area contributed by atoms with E-state index in [4.69, 9.17) is 13.9 Å². The number of para-hydroxylation sites is 1. The fourth-order valence-corrected chi connectivity index (χ4v) is 3.04. The van der Waals surface area contributed by atoms with Crippen molar-refractivity contribution in [2.45, 2.75) is 25.2 Å². The maximum Gasteiger partial charge on any atom is 0.225 e. The maximum atomic E-state index is 12.6. The predicted molar refractivity (Wildman–Crippen MR) is 95.4 cm³/mol. The number of carbonyl (C=O) groups excluding carboxylic acids is 1. The summed E-state index contributed by atoms with van der Waals surface area (Å²) in [5.74, 6) is 0.504. The molecule has 1 fully saturated rings. The van der Waals surface area contributed by atoms with Gasteiger partial charge in [0.1, 0.15) is 17.4 Å². The van der Waals surface area contributed by atoms with Gasteiger partial charge in [0, 0.05) is 23.3 Å². The Labute approximate surface area is 151 Å². The highest BCUT2D eigenvalue weighted by Crippen LogP contribution is 2.28. The summed E-state index contributed by atoms with van der Waals surface area (Å²) >= 11 is 0. The summed E-state index contributed by atoms with van der Waals surface area (Å²) in [6, 6.07) is 13.0. The van der Waals surface area contributed by atoms with E-state index in [0.29, 0.717) is 19.0 Å². The summed E-state index contributed by atoms with van der Waals surface area (Å²) in [5, 5.41) is 4.02. The third-order valence-corrected chi connectivity index (χ3v) is 4.30. The second kappa shape index (κ2) is 7.68. The van der Waals surface area contributed by atoms with E-state index in [9.17, 15) is 4.79 Å². The predicted octanol–water partition coefficient (Wildman–Crippen LogP) is 3.19. The zero-order valence-corrected chi connectivity index (χ0v) is 14.3. The number of hydrogen-bond donors (Lipinski definition) is 1. The Balaban J connectivity index is 1.57. The van der Waals surface area contributed by atoms with Crippen molar-refractivity contribution in [3.05, 3.63) is 66.2 Å². The number of benzene rings is 1. The minimum atomic E-state index is -0.492. The molecular weight excluding hydrogens is 332 g/mol. The third-order valence-electron chi connectivity index (χ3n) is 4.30.